The summed E-state index contributed by atoms with van der Waals surface area (Å²) in [6, 6.07) is 1.74. The standard InChI is InChI=1S/C8H7N3O/c1-5-2-6(4-12)7-3-9-11-8(7)10-5/h2-4H,1H3,(H,9,10,11). The second-order valence-electron chi connectivity index (χ2n) is 2.60. The molecule has 0 spiro atoms. The first-order valence-electron chi connectivity index (χ1n) is 3.57. The number of nitrogens with one attached hydrogen (secondary N) is 1. The van der Waals surface area contributed by atoms with Gasteiger partial charge in [0.15, 0.2) is 11.9 Å². The van der Waals surface area contributed by atoms with Crippen LogP contribution >= 0.6 is 0 Å². The van der Waals surface area contributed by atoms with Gasteiger partial charge in [-0.25, -0.2) is 4.98 Å². The van der Waals surface area contributed by atoms with Crippen molar-refractivity contribution in [2.75, 3.05) is 0 Å². The Morgan fingerprint density at radius 3 is 3.17 bits per heavy atom. The lowest BCUT2D eigenvalue weighted by atomic mass is 10.2. The molecule has 2 aromatic heterocycles. The van der Waals surface area contributed by atoms with Crippen molar-refractivity contribution in [2.45, 2.75) is 6.92 Å². The van der Waals surface area contributed by atoms with E-state index < -0.39 is 0 Å². The molecule has 0 saturated heterocycles. The van der Waals surface area contributed by atoms with E-state index in [0.29, 0.717) is 11.2 Å². The summed E-state index contributed by atoms with van der Waals surface area (Å²) in [4.78, 5) is 14.8. The van der Waals surface area contributed by atoms with Crippen molar-refractivity contribution < 1.29 is 4.79 Å². The number of aldehydes is 1. The molecule has 0 aromatic carbocycles. The van der Waals surface area contributed by atoms with Crippen molar-refractivity contribution >= 4 is 17.3 Å². The molecule has 0 atom stereocenters. The number of aryl methyl sites for hydroxylation is 1. The Kier molecular flexibility index (Phi) is 1.40. The Morgan fingerprint density at radius 2 is 2.42 bits per heavy atom. The van der Waals surface area contributed by atoms with Crippen LogP contribution in [0.25, 0.3) is 11.0 Å². The maximum Gasteiger partial charge on any atom is 0.156 e. The topological polar surface area (TPSA) is 58.6 Å². The number of fused-ring (bicyclic) bond motifs is 1. The van der Waals surface area contributed by atoms with Gasteiger partial charge in [-0.1, -0.05) is 0 Å². The first-order chi connectivity index (χ1) is 5.81. The number of aromatic nitrogens is 3. The SMILES string of the molecule is Cc1cc(C=O)c2cn[nH]c2n1. The van der Waals surface area contributed by atoms with Crippen molar-refractivity contribution in [3.05, 3.63) is 23.5 Å². The van der Waals surface area contributed by atoms with Gasteiger partial charge in [0.2, 0.25) is 0 Å². The highest BCUT2D eigenvalue weighted by Crippen LogP contribution is 2.13. The van der Waals surface area contributed by atoms with Gasteiger partial charge in [-0.3, -0.25) is 9.89 Å². The second-order valence-corrected chi connectivity index (χ2v) is 2.60. The maximum atomic E-state index is 10.6. The number of hydrogen-bond acceptors (Lipinski definition) is 3. The zero-order valence-electron chi connectivity index (χ0n) is 6.53. The van der Waals surface area contributed by atoms with E-state index in [1.807, 2.05) is 6.92 Å². The van der Waals surface area contributed by atoms with Crippen molar-refractivity contribution in [3.8, 4) is 0 Å². The van der Waals surface area contributed by atoms with Crippen molar-refractivity contribution in [3.63, 3.8) is 0 Å². The van der Waals surface area contributed by atoms with Crippen molar-refractivity contribution in [1.82, 2.24) is 15.2 Å². The molecule has 0 aliphatic heterocycles. The van der Waals surface area contributed by atoms with Crippen molar-refractivity contribution in [2.24, 2.45) is 0 Å². The molecule has 2 rings (SSSR count). The molecular weight excluding hydrogens is 154 g/mol. The fourth-order valence-corrected chi connectivity index (χ4v) is 1.18. The predicted octanol–water partition coefficient (Wildman–Crippen LogP) is 1.08. The van der Waals surface area contributed by atoms with Gasteiger partial charge in [0, 0.05) is 16.6 Å². The van der Waals surface area contributed by atoms with Crippen LogP contribution in [0.1, 0.15) is 16.1 Å². The molecule has 0 unspecified atom stereocenters. The average Bonchev–Trinajstić information content (AvgIpc) is 2.50. The molecular formula is C8H7N3O. The maximum absolute atomic E-state index is 10.6. The van der Waals surface area contributed by atoms with E-state index in [-0.39, 0.29) is 0 Å². The monoisotopic (exact) mass is 161 g/mol. The third-order valence-electron chi connectivity index (χ3n) is 1.71. The summed E-state index contributed by atoms with van der Waals surface area (Å²) in [5, 5.41) is 7.29. The molecule has 12 heavy (non-hydrogen) atoms. The van der Waals surface area contributed by atoms with Gasteiger partial charge < -0.3 is 0 Å². The highest BCUT2D eigenvalue weighted by molar-refractivity contribution is 5.94. The largest absolute Gasteiger partial charge is 0.298 e. The molecule has 2 heterocycles. The van der Waals surface area contributed by atoms with Crippen molar-refractivity contribution in [1.29, 1.82) is 0 Å². The Labute approximate surface area is 68.6 Å². The fraction of sp³-hybridized carbons (Fsp3) is 0.125. The Balaban J connectivity index is 2.88. The number of carbonyl (C=O) groups excluding carboxylic acids is 1. The van der Waals surface area contributed by atoms with Crippen LogP contribution in [0.4, 0.5) is 0 Å². The minimum Gasteiger partial charge on any atom is -0.298 e. The van der Waals surface area contributed by atoms with Gasteiger partial charge in [0.1, 0.15) is 0 Å². The first-order valence-corrected chi connectivity index (χ1v) is 3.57. The zero-order chi connectivity index (χ0) is 8.55. The highest BCUT2D eigenvalue weighted by atomic mass is 16.1. The summed E-state index contributed by atoms with van der Waals surface area (Å²) in [5.74, 6) is 0. The second kappa shape index (κ2) is 2.41. The Morgan fingerprint density at radius 1 is 1.58 bits per heavy atom. The van der Waals surface area contributed by atoms with Gasteiger partial charge in [0.25, 0.3) is 0 Å². The average molecular weight is 161 g/mol. The van der Waals surface area contributed by atoms with Gasteiger partial charge in [-0.15, -0.1) is 0 Å². The Hall–Kier alpha value is -1.71. The van der Waals surface area contributed by atoms with Crippen LogP contribution in [-0.4, -0.2) is 21.5 Å². The summed E-state index contributed by atoms with van der Waals surface area (Å²) in [5.41, 5.74) is 2.11. The van der Waals surface area contributed by atoms with Crippen LogP contribution in [0.2, 0.25) is 0 Å². The molecule has 0 amide bonds. The number of hydrogen-bond donors (Lipinski definition) is 1. The molecule has 0 saturated carbocycles. The minimum atomic E-state index is 0.631. The van der Waals surface area contributed by atoms with Crippen LogP contribution in [-0.2, 0) is 0 Å². The number of H-pyrrole nitrogens is 1. The first kappa shape index (κ1) is 6.97. The van der Waals surface area contributed by atoms with Gasteiger partial charge in [-0.05, 0) is 13.0 Å². The van der Waals surface area contributed by atoms with Crippen LogP contribution in [0.3, 0.4) is 0 Å². The molecule has 0 radical (unpaired) electrons. The van der Waals surface area contributed by atoms with E-state index in [4.69, 9.17) is 0 Å². The van der Waals surface area contributed by atoms with E-state index in [1.165, 1.54) is 0 Å². The van der Waals surface area contributed by atoms with E-state index in [1.54, 1.807) is 12.3 Å². The summed E-state index contributed by atoms with van der Waals surface area (Å²) in [7, 11) is 0. The van der Waals surface area contributed by atoms with Gasteiger partial charge in [-0.2, -0.15) is 5.10 Å². The van der Waals surface area contributed by atoms with Crippen LogP contribution in [0.5, 0.6) is 0 Å². The van der Waals surface area contributed by atoms with E-state index >= 15 is 0 Å². The molecule has 4 nitrogen and oxygen atoms in total. The molecule has 0 bridgehead atoms. The minimum absolute atomic E-state index is 0.631. The fourth-order valence-electron chi connectivity index (χ4n) is 1.18. The third kappa shape index (κ3) is 0.887. The lowest BCUT2D eigenvalue weighted by molar-refractivity contribution is 0.112. The lowest BCUT2D eigenvalue weighted by Gasteiger charge is -1.94. The molecule has 4 heteroatoms. The number of rotatable bonds is 1. The van der Waals surface area contributed by atoms with Gasteiger partial charge >= 0.3 is 0 Å². The van der Waals surface area contributed by atoms with Crippen LogP contribution < -0.4 is 0 Å². The molecule has 0 aliphatic carbocycles. The predicted molar refractivity (Wildman–Crippen MR) is 44.0 cm³/mol. The number of aromatic amines is 1. The third-order valence-corrected chi connectivity index (χ3v) is 1.71. The molecule has 2 aromatic rings. The van der Waals surface area contributed by atoms with E-state index in [0.717, 1.165) is 17.4 Å². The van der Waals surface area contributed by atoms with E-state index in [2.05, 4.69) is 15.2 Å². The number of carbonyl (C=O) groups is 1. The van der Waals surface area contributed by atoms with Crippen LogP contribution in [0.15, 0.2) is 12.3 Å². The number of pyridine rings is 1. The normalized spacial score (nSPS) is 10.4. The summed E-state index contributed by atoms with van der Waals surface area (Å²) >= 11 is 0. The van der Waals surface area contributed by atoms with Gasteiger partial charge in [0.05, 0.1) is 6.20 Å². The number of nitrogens with zero attached hydrogens (tertiary/aromatic N) is 2. The summed E-state index contributed by atoms with van der Waals surface area (Å²) < 4.78 is 0. The zero-order valence-corrected chi connectivity index (χ0v) is 6.53. The summed E-state index contributed by atoms with van der Waals surface area (Å²) in [6.45, 7) is 1.84. The molecule has 0 fully saturated rings. The smallest absolute Gasteiger partial charge is 0.156 e. The van der Waals surface area contributed by atoms with E-state index in [9.17, 15) is 4.79 Å². The molecule has 1 N–H and O–H groups in total. The molecule has 0 aliphatic rings. The molecule has 60 valence electrons. The summed E-state index contributed by atoms with van der Waals surface area (Å²) in [6.07, 6.45) is 2.41. The Bertz CT molecular complexity index is 433. The van der Waals surface area contributed by atoms with Crippen LogP contribution in [0, 0.1) is 6.92 Å². The quantitative estimate of drug-likeness (QED) is 0.636. The highest BCUT2D eigenvalue weighted by Gasteiger charge is 2.03. The lowest BCUT2D eigenvalue weighted by Crippen LogP contribution is -1.88.